The number of amides is 1. The van der Waals surface area contributed by atoms with E-state index in [2.05, 4.69) is 0 Å². The Labute approximate surface area is 125 Å². The largest absolute Gasteiger partial charge is 0.462 e. The first-order valence-corrected chi connectivity index (χ1v) is 6.95. The van der Waals surface area contributed by atoms with Crippen LogP contribution in [0.25, 0.3) is 0 Å². The highest BCUT2D eigenvalue weighted by molar-refractivity contribution is 5.99. The molecule has 6 nitrogen and oxygen atoms in total. The zero-order chi connectivity index (χ0) is 16.0. The molecule has 6 heteroatoms. The fourth-order valence-electron chi connectivity index (χ4n) is 2.09. The molecule has 0 saturated heterocycles. The number of hydrogen-bond donors (Lipinski definition) is 2. The summed E-state index contributed by atoms with van der Waals surface area (Å²) in [7, 11) is 0. The third kappa shape index (κ3) is 4.66. The third-order valence-corrected chi connectivity index (χ3v) is 2.85. The van der Waals surface area contributed by atoms with Gasteiger partial charge in [0.2, 0.25) is 5.91 Å². The van der Waals surface area contributed by atoms with Crippen LogP contribution in [-0.4, -0.2) is 31.6 Å². The quantitative estimate of drug-likeness (QED) is 0.584. The summed E-state index contributed by atoms with van der Waals surface area (Å²) in [4.78, 5) is 24.9. The van der Waals surface area contributed by atoms with Gasteiger partial charge in [-0.15, -0.1) is 0 Å². The van der Waals surface area contributed by atoms with Gasteiger partial charge in [-0.05, 0) is 25.0 Å². The van der Waals surface area contributed by atoms with Crippen LogP contribution in [0.4, 0.5) is 11.4 Å². The fraction of sp³-hybridized carbons (Fsp3) is 0.467. The van der Waals surface area contributed by atoms with Crippen molar-refractivity contribution in [2.45, 2.75) is 20.8 Å². The second kappa shape index (κ2) is 7.52. The number of hydrogen-bond acceptors (Lipinski definition) is 5. The first kappa shape index (κ1) is 16.8. The standard InChI is InChI=1S/C15H23N3O3/c1-4-21-15(20)11-6-5-7-12(14(11)17)18(8-10(2)3)9-13(16)19/h5-7,10H,4,8-9,17H2,1-3H3,(H2,16,19). The van der Waals surface area contributed by atoms with Crippen LogP contribution in [0.2, 0.25) is 0 Å². The lowest BCUT2D eigenvalue weighted by atomic mass is 10.1. The van der Waals surface area contributed by atoms with Gasteiger partial charge in [0, 0.05) is 6.54 Å². The zero-order valence-electron chi connectivity index (χ0n) is 12.8. The summed E-state index contributed by atoms with van der Waals surface area (Å²) in [5.41, 5.74) is 12.6. The number of nitrogen functional groups attached to an aromatic ring is 1. The summed E-state index contributed by atoms with van der Waals surface area (Å²) < 4.78 is 4.98. The maximum atomic E-state index is 11.9. The number of benzene rings is 1. The first-order valence-electron chi connectivity index (χ1n) is 6.95. The molecule has 0 heterocycles. The van der Waals surface area contributed by atoms with Crippen molar-refractivity contribution in [1.82, 2.24) is 0 Å². The molecule has 0 aliphatic heterocycles. The van der Waals surface area contributed by atoms with Gasteiger partial charge in [0.15, 0.2) is 0 Å². The van der Waals surface area contributed by atoms with Crippen molar-refractivity contribution < 1.29 is 14.3 Å². The van der Waals surface area contributed by atoms with E-state index in [1.807, 2.05) is 13.8 Å². The average molecular weight is 293 g/mol. The minimum atomic E-state index is -0.472. The smallest absolute Gasteiger partial charge is 0.340 e. The van der Waals surface area contributed by atoms with E-state index >= 15 is 0 Å². The summed E-state index contributed by atoms with van der Waals surface area (Å²) in [6.07, 6.45) is 0. The number of carbonyl (C=O) groups excluding carboxylic acids is 2. The Balaban J connectivity index is 3.16. The van der Waals surface area contributed by atoms with Crippen LogP contribution in [0.5, 0.6) is 0 Å². The predicted molar refractivity (Wildman–Crippen MR) is 83.1 cm³/mol. The molecule has 1 aromatic carbocycles. The number of para-hydroxylation sites is 1. The van der Waals surface area contributed by atoms with Gasteiger partial charge in [-0.25, -0.2) is 4.79 Å². The summed E-state index contributed by atoms with van der Waals surface area (Å²) in [5.74, 6) is -0.605. The van der Waals surface area contributed by atoms with Crippen molar-refractivity contribution in [3.05, 3.63) is 23.8 Å². The van der Waals surface area contributed by atoms with Crippen molar-refractivity contribution in [2.24, 2.45) is 11.7 Å². The number of rotatable bonds is 7. The topological polar surface area (TPSA) is 98.6 Å². The van der Waals surface area contributed by atoms with E-state index in [1.54, 1.807) is 30.0 Å². The molecule has 0 spiro atoms. The maximum Gasteiger partial charge on any atom is 0.340 e. The normalized spacial score (nSPS) is 10.5. The fourth-order valence-corrected chi connectivity index (χ4v) is 2.09. The number of primary amides is 1. The van der Waals surface area contributed by atoms with E-state index in [1.165, 1.54) is 0 Å². The number of esters is 1. The van der Waals surface area contributed by atoms with Crippen LogP contribution in [0, 0.1) is 5.92 Å². The Morgan fingerprint density at radius 1 is 1.33 bits per heavy atom. The Kier molecular flexibility index (Phi) is 6.02. The molecule has 21 heavy (non-hydrogen) atoms. The van der Waals surface area contributed by atoms with Crippen LogP contribution in [0.15, 0.2) is 18.2 Å². The number of ether oxygens (including phenoxy) is 1. The molecule has 0 fully saturated rings. The highest BCUT2D eigenvalue weighted by Crippen LogP contribution is 2.27. The van der Waals surface area contributed by atoms with E-state index < -0.39 is 11.9 Å². The van der Waals surface area contributed by atoms with E-state index in [4.69, 9.17) is 16.2 Å². The molecule has 116 valence electrons. The van der Waals surface area contributed by atoms with Crippen LogP contribution < -0.4 is 16.4 Å². The van der Waals surface area contributed by atoms with Crippen molar-refractivity contribution in [2.75, 3.05) is 30.3 Å². The van der Waals surface area contributed by atoms with Crippen molar-refractivity contribution in [1.29, 1.82) is 0 Å². The van der Waals surface area contributed by atoms with Gasteiger partial charge in [-0.3, -0.25) is 4.79 Å². The maximum absolute atomic E-state index is 11.9. The summed E-state index contributed by atoms with van der Waals surface area (Å²) in [6, 6.07) is 5.09. The molecule has 1 rings (SSSR count). The van der Waals surface area contributed by atoms with Gasteiger partial charge >= 0.3 is 5.97 Å². The molecule has 0 unspecified atom stereocenters. The molecule has 1 aromatic rings. The minimum Gasteiger partial charge on any atom is -0.462 e. The molecule has 0 aromatic heterocycles. The van der Waals surface area contributed by atoms with Gasteiger partial charge in [0.25, 0.3) is 0 Å². The SMILES string of the molecule is CCOC(=O)c1cccc(N(CC(N)=O)CC(C)C)c1N. The van der Waals surface area contributed by atoms with Crippen LogP contribution in [-0.2, 0) is 9.53 Å². The van der Waals surface area contributed by atoms with E-state index in [0.717, 1.165) is 0 Å². The number of nitrogens with two attached hydrogens (primary N) is 2. The number of nitrogens with zero attached hydrogens (tertiary/aromatic N) is 1. The van der Waals surface area contributed by atoms with E-state index in [-0.39, 0.29) is 13.2 Å². The molecule has 0 bridgehead atoms. The van der Waals surface area contributed by atoms with Gasteiger partial charge < -0.3 is 21.1 Å². The Morgan fingerprint density at radius 2 is 2.00 bits per heavy atom. The predicted octanol–water partition coefficient (Wildman–Crippen LogP) is 1.39. The van der Waals surface area contributed by atoms with Gasteiger partial charge in [-0.1, -0.05) is 19.9 Å². The Morgan fingerprint density at radius 3 is 2.52 bits per heavy atom. The Hall–Kier alpha value is -2.24. The third-order valence-electron chi connectivity index (χ3n) is 2.85. The summed E-state index contributed by atoms with van der Waals surface area (Å²) in [6.45, 7) is 6.72. The lowest BCUT2D eigenvalue weighted by molar-refractivity contribution is -0.116. The molecule has 0 radical (unpaired) electrons. The summed E-state index contributed by atoms with van der Waals surface area (Å²) >= 11 is 0. The average Bonchev–Trinajstić information content (AvgIpc) is 2.37. The lowest BCUT2D eigenvalue weighted by Gasteiger charge is -2.27. The van der Waals surface area contributed by atoms with Crippen molar-refractivity contribution >= 4 is 23.3 Å². The molecular formula is C15H23N3O3. The monoisotopic (exact) mass is 293 g/mol. The van der Waals surface area contributed by atoms with Crippen LogP contribution >= 0.6 is 0 Å². The van der Waals surface area contributed by atoms with Crippen molar-refractivity contribution in [3.63, 3.8) is 0 Å². The number of carbonyl (C=O) groups is 2. The minimum absolute atomic E-state index is 0.0503. The second-order valence-corrected chi connectivity index (χ2v) is 5.20. The first-order chi connectivity index (χ1) is 9.86. The van der Waals surface area contributed by atoms with Gasteiger partial charge in [0.05, 0.1) is 30.1 Å². The van der Waals surface area contributed by atoms with Crippen LogP contribution in [0.3, 0.4) is 0 Å². The molecule has 0 saturated carbocycles. The van der Waals surface area contributed by atoms with Crippen molar-refractivity contribution in [3.8, 4) is 0 Å². The van der Waals surface area contributed by atoms with Gasteiger partial charge in [-0.2, -0.15) is 0 Å². The molecule has 0 aliphatic carbocycles. The highest BCUT2D eigenvalue weighted by atomic mass is 16.5. The molecular weight excluding hydrogens is 270 g/mol. The van der Waals surface area contributed by atoms with E-state index in [9.17, 15) is 9.59 Å². The van der Waals surface area contributed by atoms with E-state index in [0.29, 0.717) is 29.4 Å². The molecule has 1 amide bonds. The highest BCUT2D eigenvalue weighted by Gasteiger charge is 2.19. The van der Waals surface area contributed by atoms with Gasteiger partial charge in [0.1, 0.15) is 0 Å². The Bertz CT molecular complexity index is 515. The van der Waals surface area contributed by atoms with Crippen LogP contribution in [0.1, 0.15) is 31.1 Å². The molecule has 0 aliphatic rings. The lowest BCUT2D eigenvalue weighted by Crippen LogP contribution is -2.36. The second-order valence-electron chi connectivity index (χ2n) is 5.20. The number of anilines is 2. The molecule has 4 N–H and O–H groups in total. The summed E-state index contributed by atoms with van der Waals surface area (Å²) in [5, 5.41) is 0. The zero-order valence-corrected chi connectivity index (χ0v) is 12.8. The molecule has 0 atom stereocenters.